The van der Waals surface area contributed by atoms with E-state index in [1.165, 1.54) is 0 Å². The zero-order valence-electron chi connectivity index (χ0n) is 9.91. The first-order valence-electron chi connectivity index (χ1n) is 5.71. The van der Waals surface area contributed by atoms with Crippen LogP contribution in [0.3, 0.4) is 0 Å². The molecule has 2 aromatic rings. The molecule has 1 aliphatic rings. The quantitative estimate of drug-likeness (QED) is 0.864. The number of nitrogens with zero attached hydrogens (tertiary/aromatic N) is 4. The van der Waals surface area contributed by atoms with E-state index < -0.39 is 0 Å². The third-order valence-corrected chi connectivity index (χ3v) is 4.10. The van der Waals surface area contributed by atoms with Gasteiger partial charge in [-0.3, -0.25) is 0 Å². The van der Waals surface area contributed by atoms with Crippen molar-refractivity contribution in [3.63, 3.8) is 0 Å². The molecule has 0 bridgehead atoms. The van der Waals surface area contributed by atoms with Gasteiger partial charge in [0.2, 0.25) is 11.7 Å². The Kier molecular flexibility index (Phi) is 3.00. The zero-order valence-corrected chi connectivity index (χ0v) is 10.7. The normalized spacial score (nSPS) is 23.4. The maximum Gasteiger partial charge on any atom is 0.232 e. The van der Waals surface area contributed by atoms with Crippen LogP contribution < -0.4 is 5.73 Å². The van der Waals surface area contributed by atoms with Crippen LogP contribution in [0.2, 0.25) is 0 Å². The van der Waals surface area contributed by atoms with E-state index in [4.69, 9.17) is 10.3 Å². The minimum absolute atomic E-state index is 0.0930. The third-order valence-electron chi connectivity index (χ3n) is 2.89. The van der Waals surface area contributed by atoms with Crippen LogP contribution in [0, 0.1) is 6.92 Å². The molecule has 2 N–H and O–H groups in total. The van der Waals surface area contributed by atoms with Crippen molar-refractivity contribution >= 4 is 11.8 Å². The molecule has 1 fully saturated rings. The Labute approximate surface area is 108 Å². The van der Waals surface area contributed by atoms with Gasteiger partial charge in [0, 0.05) is 23.7 Å². The van der Waals surface area contributed by atoms with Gasteiger partial charge >= 0.3 is 0 Å². The largest absolute Gasteiger partial charge is 0.339 e. The number of thioether (sulfide) groups is 1. The first-order chi connectivity index (χ1) is 8.74. The van der Waals surface area contributed by atoms with Crippen molar-refractivity contribution in [1.82, 2.24) is 20.1 Å². The Balaban J connectivity index is 1.89. The van der Waals surface area contributed by atoms with Gasteiger partial charge in [-0.2, -0.15) is 16.7 Å². The summed E-state index contributed by atoms with van der Waals surface area (Å²) in [5, 5.41) is 3.97. The van der Waals surface area contributed by atoms with E-state index in [1.54, 1.807) is 12.3 Å². The number of aryl methyl sites for hydroxylation is 1. The first kappa shape index (κ1) is 11.6. The SMILES string of the molecule is Cc1nccc(-c2noc(C3CSCC3N)n2)n1. The second-order valence-corrected chi connectivity index (χ2v) is 5.33. The van der Waals surface area contributed by atoms with Gasteiger partial charge in [-0.05, 0) is 13.0 Å². The second kappa shape index (κ2) is 4.66. The van der Waals surface area contributed by atoms with Crippen molar-refractivity contribution in [2.24, 2.45) is 5.73 Å². The van der Waals surface area contributed by atoms with Gasteiger partial charge in [0.25, 0.3) is 0 Å². The van der Waals surface area contributed by atoms with Crippen molar-refractivity contribution in [1.29, 1.82) is 0 Å². The van der Waals surface area contributed by atoms with E-state index in [1.807, 2.05) is 18.7 Å². The molecule has 1 saturated heterocycles. The molecule has 1 aliphatic heterocycles. The van der Waals surface area contributed by atoms with E-state index >= 15 is 0 Å². The molecule has 2 unspecified atom stereocenters. The highest BCUT2D eigenvalue weighted by molar-refractivity contribution is 7.99. The minimum atomic E-state index is 0.0930. The Bertz CT molecular complexity index is 558. The predicted octanol–water partition coefficient (Wildman–Crippen LogP) is 0.993. The number of nitrogens with two attached hydrogens (primary N) is 1. The van der Waals surface area contributed by atoms with Gasteiger partial charge in [0.05, 0.1) is 5.92 Å². The maximum absolute atomic E-state index is 6.01. The summed E-state index contributed by atoms with van der Waals surface area (Å²) in [6.07, 6.45) is 1.69. The lowest BCUT2D eigenvalue weighted by Gasteiger charge is -2.07. The molecule has 0 radical (unpaired) electrons. The summed E-state index contributed by atoms with van der Waals surface area (Å²) in [5.41, 5.74) is 6.69. The smallest absolute Gasteiger partial charge is 0.232 e. The van der Waals surface area contributed by atoms with E-state index in [0.717, 1.165) is 11.5 Å². The lowest BCUT2D eigenvalue weighted by molar-refractivity contribution is 0.352. The highest BCUT2D eigenvalue weighted by Crippen LogP contribution is 2.31. The fraction of sp³-hybridized carbons (Fsp3) is 0.455. The van der Waals surface area contributed by atoms with Crippen molar-refractivity contribution in [3.8, 4) is 11.5 Å². The first-order valence-corrected chi connectivity index (χ1v) is 6.86. The average Bonchev–Trinajstić information content (AvgIpc) is 2.97. The van der Waals surface area contributed by atoms with Crippen LogP contribution in [0.5, 0.6) is 0 Å². The molecule has 2 atom stereocenters. The summed E-state index contributed by atoms with van der Waals surface area (Å²) in [7, 11) is 0. The van der Waals surface area contributed by atoms with E-state index in [2.05, 4.69) is 20.1 Å². The molecule has 6 nitrogen and oxygen atoms in total. The van der Waals surface area contributed by atoms with E-state index in [0.29, 0.717) is 23.2 Å². The van der Waals surface area contributed by atoms with Crippen LogP contribution in [0.4, 0.5) is 0 Å². The Morgan fingerprint density at radius 3 is 3.00 bits per heavy atom. The number of rotatable bonds is 2. The van der Waals surface area contributed by atoms with Crippen LogP contribution in [0.1, 0.15) is 17.6 Å². The van der Waals surface area contributed by atoms with Crippen molar-refractivity contribution in [2.75, 3.05) is 11.5 Å². The van der Waals surface area contributed by atoms with Gasteiger partial charge in [-0.25, -0.2) is 9.97 Å². The second-order valence-electron chi connectivity index (χ2n) is 4.25. The third kappa shape index (κ3) is 2.11. The summed E-state index contributed by atoms with van der Waals surface area (Å²) in [5.74, 6) is 3.82. The van der Waals surface area contributed by atoms with E-state index in [9.17, 15) is 0 Å². The van der Waals surface area contributed by atoms with Gasteiger partial charge < -0.3 is 10.3 Å². The van der Waals surface area contributed by atoms with Crippen LogP contribution in [-0.2, 0) is 0 Å². The van der Waals surface area contributed by atoms with Crippen LogP contribution in [0.25, 0.3) is 11.5 Å². The Morgan fingerprint density at radius 2 is 2.28 bits per heavy atom. The molecule has 3 heterocycles. The fourth-order valence-corrected chi connectivity index (χ4v) is 3.18. The summed E-state index contributed by atoms with van der Waals surface area (Å²) in [6.45, 7) is 1.83. The maximum atomic E-state index is 6.01. The van der Waals surface area contributed by atoms with Crippen molar-refractivity contribution in [2.45, 2.75) is 18.9 Å². The Hall–Kier alpha value is -1.47. The lowest BCUT2D eigenvalue weighted by Crippen LogP contribution is -2.26. The fourth-order valence-electron chi connectivity index (χ4n) is 1.90. The molecular weight excluding hydrogens is 250 g/mol. The molecule has 0 aliphatic carbocycles. The topological polar surface area (TPSA) is 90.7 Å². The van der Waals surface area contributed by atoms with Crippen molar-refractivity contribution < 1.29 is 4.52 Å². The molecule has 94 valence electrons. The minimum Gasteiger partial charge on any atom is -0.339 e. The molecule has 3 rings (SSSR count). The van der Waals surface area contributed by atoms with Gasteiger partial charge in [0.1, 0.15) is 11.5 Å². The monoisotopic (exact) mass is 263 g/mol. The lowest BCUT2D eigenvalue weighted by atomic mass is 10.1. The summed E-state index contributed by atoms with van der Waals surface area (Å²) < 4.78 is 5.30. The molecule has 0 amide bonds. The van der Waals surface area contributed by atoms with Gasteiger partial charge in [0.15, 0.2) is 0 Å². The molecular formula is C11H13N5OS. The standard InChI is InChI=1S/C11H13N5OS/c1-6-13-3-2-9(14-6)10-15-11(17-16-10)7-4-18-5-8(7)12/h2-3,7-8H,4-5,12H2,1H3. The molecule has 0 saturated carbocycles. The van der Waals surface area contributed by atoms with Gasteiger partial charge in [-0.1, -0.05) is 5.16 Å². The van der Waals surface area contributed by atoms with Gasteiger partial charge in [-0.15, -0.1) is 0 Å². The van der Waals surface area contributed by atoms with Crippen molar-refractivity contribution in [3.05, 3.63) is 24.0 Å². The summed E-state index contributed by atoms with van der Waals surface area (Å²) >= 11 is 1.81. The zero-order chi connectivity index (χ0) is 12.5. The molecule has 7 heteroatoms. The number of hydrogen-bond acceptors (Lipinski definition) is 7. The molecule has 18 heavy (non-hydrogen) atoms. The summed E-state index contributed by atoms with van der Waals surface area (Å²) in [6, 6.07) is 1.86. The van der Waals surface area contributed by atoms with E-state index in [-0.39, 0.29) is 12.0 Å². The molecule has 2 aromatic heterocycles. The predicted molar refractivity (Wildman–Crippen MR) is 68.1 cm³/mol. The van der Waals surface area contributed by atoms with Crippen LogP contribution >= 0.6 is 11.8 Å². The van der Waals surface area contributed by atoms with Crippen LogP contribution in [-0.4, -0.2) is 37.7 Å². The molecule has 0 spiro atoms. The number of aromatic nitrogens is 4. The van der Waals surface area contributed by atoms with Crippen LogP contribution in [0.15, 0.2) is 16.8 Å². The molecule has 0 aromatic carbocycles. The highest BCUT2D eigenvalue weighted by atomic mass is 32.2. The highest BCUT2D eigenvalue weighted by Gasteiger charge is 2.31. The Morgan fingerprint density at radius 1 is 1.39 bits per heavy atom. The summed E-state index contributed by atoms with van der Waals surface area (Å²) in [4.78, 5) is 12.7. The number of hydrogen-bond donors (Lipinski definition) is 1. The average molecular weight is 263 g/mol.